The number of carbonyl (C=O) groups is 1. The molecule has 1 aromatic rings. The highest BCUT2D eigenvalue weighted by atomic mass is 79.9. The zero-order valence-corrected chi connectivity index (χ0v) is 13.5. The van der Waals surface area contributed by atoms with E-state index in [1.807, 2.05) is 13.8 Å². The van der Waals surface area contributed by atoms with Crippen LogP contribution >= 0.6 is 28.3 Å². The Labute approximate surface area is 131 Å². The van der Waals surface area contributed by atoms with Crippen LogP contribution in [0.4, 0.5) is 8.78 Å². The first kappa shape index (κ1) is 17.3. The lowest BCUT2D eigenvalue weighted by Crippen LogP contribution is -2.56. The van der Waals surface area contributed by atoms with Gasteiger partial charge in [-0.25, -0.2) is 8.78 Å². The van der Waals surface area contributed by atoms with Crippen LogP contribution in [0.2, 0.25) is 0 Å². The van der Waals surface area contributed by atoms with Crippen LogP contribution in [0, 0.1) is 11.6 Å². The molecule has 2 unspecified atom stereocenters. The molecule has 1 aliphatic heterocycles. The van der Waals surface area contributed by atoms with Crippen LogP contribution in [-0.2, 0) is 0 Å². The Balaban J connectivity index is 0.00000200. The third-order valence-electron chi connectivity index (χ3n) is 3.27. The summed E-state index contributed by atoms with van der Waals surface area (Å²) in [6, 6.07) is 2.13. The number of carbonyl (C=O) groups excluding carboxylic acids is 1. The minimum atomic E-state index is -1.01. The van der Waals surface area contributed by atoms with Crippen LogP contribution in [0.25, 0.3) is 0 Å². The number of rotatable bonds is 1. The van der Waals surface area contributed by atoms with E-state index in [4.69, 9.17) is 0 Å². The maximum atomic E-state index is 13.3. The van der Waals surface area contributed by atoms with Gasteiger partial charge in [-0.1, -0.05) is 0 Å². The van der Waals surface area contributed by atoms with Gasteiger partial charge in [0.1, 0.15) is 0 Å². The lowest BCUT2D eigenvalue weighted by molar-refractivity contribution is 0.0614. The molecule has 2 rings (SSSR count). The van der Waals surface area contributed by atoms with E-state index in [1.165, 1.54) is 0 Å². The molecule has 7 heteroatoms. The zero-order chi connectivity index (χ0) is 14.2. The molecule has 1 amide bonds. The molecule has 0 aromatic heterocycles. The van der Waals surface area contributed by atoms with Crippen LogP contribution in [0.5, 0.6) is 0 Å². The van der Waals surface area contributed by atoms with E-state index in [0.29, 0.717) is 13.1 Å². The largest absolute Gasteiger partial charge is 0.333 e. The number of piperazine rings is 1. The molecule has 3 nitrogen and oxygen atoms in total. The molecule has 1 saturated heterocycles. The first-order valence-electron chi connectivity index (χ1n) is 6.09. The van der Waals surface area contributed by atoms with Crippen molar-refractivity contribution >= 4 is 34.2 Å². The topological polar surface area (TPSA) is 32.3 Å². The molecule has 112 valence electrons. The second-order valence-electron chi connectivity index (χ2n) is 4.86. The number of nitrogens with zero attached hydrogens (tertiary/aromatic N) is 1. The summed E-state index contributed by atoms with van der Waals surface area (Å²) < 4.78 is 26.6. The van der Waals surface area contributed by atoms with Crippen LogP contribution < -0.4 is 5.32 Å². The maximum absolute atomic E-state index is 13.3. The molecule has 1 N–H and O–H groups in total. The predicted octanol–water partition coefficient (Wildman–Crippen LogP) is 2.97. The maximum Gasteiger partial charge on any atom is 0.255 e. The van der Waals surface area contributed by atoms with Gasteiger partial charge >= 0.3 is 0 Å². The minimum absolute atomic E-state index is 0. The third kappa shape index (κ3) is 3.48. The first-order valence-corrected chi connectivity index (χ1v) is 6.88. The Morgan fingerprint density at radius 3 is 2.60 bits per heavy atom. The fourth-order valence-electron chi connectivity index (χ4n) is 2.15. The second-order valence-corrected chi connectivity index (χ2v) is 5.72. The highest BCUT2D eigenvalue weighted by Gasteiger charge is 2.29. The number of hydrogen-bond donors (Lipinski definition) is 1. The molecule has 2 atom stereocenters. The van der Waals surface area contributed by atoms with E-state index in [2.05, 4.69) is 21.2 Å². The fraction of sp³-hybridized carbons (Fsp3) is 0.462. The summed E-state index contributed by atoms with van der Waals surface area (Å²) in [5, 5.41) is 3.26. The van der Waals surface area contributed by atoms with E-state index in [9.17, 15) is 13.6 Å². The Bertz CT molecular complexity index is 515. The van der Waals surface area contributed by atoms with Gasteiger partial charge in [-0.15, -0.1) is 12.4 Å². The number of nitrogens with one attached hydrogen (secondary N) is 1. The molecule has 0 radical (unpaired) electrons. The van der Waals surface area contributed by atoms with Crippen molar-refractivity contribution in [1.29, 1.82) is 0 Å². The smallest absolute Gasteiger partial charge is 0.255 e. The van der Waals surface area contributed by atoms with Gasteiger partial charge in [-0.2, -0.15) is 0 Å². The number of benzene rings is 1. The zero-order valence-electron chi connectivity index (χ0n) is 11.1. The van der Waals surface area contributed by atoms with Gasteiger partial charge in [0.2, 0.25) is 0 Å². The Hall–Kier alpha value is -0.720. The summed E-state index contributed by atoms with van der Waals surface area (Å²) in [7, 11) is 0. The van der Waals surface area contributed by atoms with E-state index < -0.39 is 11.6 Å². The van der Waals surface area contributed by atoms with Crippen LogP contribution in [0.3, 0.4) is 0 Å². The van der Waals surface area contributed by atoms with Crippen molar-refractivity contribution in [3.8, 4) is 0 Å². The van der Waals surface area contributed by atoms with E-state index in [1.54, 1.807) is 4.90 Å². The fourth-order valence-corrected chi connectivity index (χ4v) is 2.63. The summed E-state index contributed by atoms with van der Waals surface area (Å²) in [6.07, 6.45) is 0. The summed E-state index contributed by atoms with van der Waals surface area (Å²) in [6.45, 7) is 5.14. The van der Waals surface area contributed by atoms with Crippen molar-refractivity contribution in [1.82, 2.24) is 10.2 Å². The molecule has 0 spiro atoms. The summed E-state index contributed by atoms with van der Waals surface area (Å²) in [4.78, 5) is 14.1. The van der Waals surface area contributed by atoms with Gasteiger partial charge in [-0.05, 0) is 41.9 Å². The average Bonchev–Trinajstić information content (AvgIpc) is 2.36. The highest BCUT2D eigenvalue weighted by molar-refractivity contribution is 9.10. The third-order valence-corrected chi connectivity index (χ3v) is 3.92. The van der Waals surface area contributed by atoms with E-state index >= 15 is 0 Å². The number of hydrogen-bond acceptors (Lipinski definition) is 2. The van der Waals surface area contributed by atoms with Gasteiger partial charge in [0.05, 0.1) is 5.56 Å². The lowest BCUT2D eigenvalue weighted by Gasteiger charge is -2.37. The first-order chi connectivity index (χ1) is 8.90. The molecule has 20 heavy (non-hydrogen) atoms. The second kappa shape index (κ2) is 6.83. The normalized spacial score (nSPS) is 22.4. The minimum Gasteiger partial charge on any atom is -0.333 e. The van der Waals surface area contributed by atoms with E-state index in [-0.39, 0.29) is 40.4 Å². The van der Waals surface area contributed by atoms with Crippen molar-refractivity contribution in [2.24, 2.45) is 0 Å². The van der Waals surface area contributed by atoms with Crippen molar-refractivity contribution < 1.29 is 13.6 Å². The molecular weight excluding hydrogens is 354 g/mol. The Morgan fingerprint density at radius 1 is 1.35 bits per heavy atom. The molecule has 0 saturated carbocycles. The molecule has 0 bridgehead atoms. The number of amides is 1. The van der Waals surface area contributed by atoms with Gasteiger partial charge in [0, 0.05) is 29.6 Å². The van der Waals surface area contributed by atoms with Crippen LogP contribution in [-0.4, -0.2) is 36.0 Å². The molecule has 1 aliphatic rings. The molecular formula is C13H16BrClF2N2O. The van der Waals surface area contributed by atoms with Crippen LogP contribution in [0.1, 0.15) is 24.2 Å². The summed E-state index contributed by atoms with van der Waals surface area (Å²) >= 11 is 3.11. The van der Waals surface area contributed by atoms with Gasteiger partial charge in [-0.3, -0.25) is 4.79 Å². The molecule has 1 aromatic carbocycles. The molecule has 1 fully saturated rings. The van der Waals surface area contributed by atoms with Gasteiger partial charge < -0.3 is 10.2 Å². The number of halogens is 4. The average molecular weight is 370 g/mol. The molecule has 1 heterocycles. The van der Waals surface area contributed by atoms with Crippen molar-refractivity contribution in [2.75, 3.05) is 13.1 Å². The molecule has 0 aliphatic carbocycles. The monoisotopic (exact) mass is 368 g/mol. The van der Waals surface area contributed by atoms with Crippen molar-refractivity contribution in [3.05, 3.63) is 33.8 Å². The highest BCUT2D eigenvalue weighted by Crippen LogP contribution is 2.23. The van der Waals surface area contributed by atoms with Gasteiger partial charge in [0.25, 0.3) is 5.91 Å². The quantitative estimate of drug-likeness (QED) is 0.772. The van der Waals surface area contributed by atoms with Gasteiger partial charge in [0.15, 0.2) is 11.6 Å². The Kier molecular flexibility index (Phi) is 5.91. The summed E-state index contributed by atoms with van der Waals surface area (Å²) in [5.74, 6) is -2.26. The standard InChI is InChI=1S/C13H15BrF2N2O.ClH/c1-7-6-18(8(2)5-17-7)13(19)9-3-11(15)12(16)4-10(9)14;/h3-4,7-8,17H,5-6H2,1-2H3;1H. The SMILES string of the molecule is CC1CN(C(=O)c2cc(F)c(F)cc2Br)C(C)CN1.Cl. The van der Waals surface area contributed by atoms with E-state index in [0.717, 1.165) is 12.1 Å². The summed E-state index contributed by atoms with van der Waals surface area (Å²) in [5.41, 5.74) is 0.153. The van der Waals surface area contributed by atoms with Crippen LogP contribution in [0.15, 0.2) is 16.6 Å². The van der Waals surface area contributed by atoms with Crippen molar-refractivity contribution in [3.63, 3.8) is 0 Å². The Morgan fingerprint density at radius 2 is 1.95 bits per heavy atom. The lowest BCUT2D eigenvalue weighted by atomic mass is 10.1. The predicted molar refractivity (Wildman–Crippen MR) is 79.3 cm³/mol. The van der Waals surface area contributed by atoms with Crippen molar-refractivity contribution in [2.45, 2.75) is 25.9 Å².